The molecule has 1 aliphatic heterocycles. The van der Waals surface area contributed by atoms with Crippen LogP contribution in [0.2, 0.25) is 0 Å². The van der Waals surface area contributed by atoms with Crippen LogP contribution in [-0.2, 0) is 12.8 Å². The molecule has 1 aliphatic carbocycles. The van der Waals surface area contributed by atoms with Gasteiger partial charge >= 0.3 is 0 Å². The van der Waals surface area contributed by atoms with Crippen LogP contribution < -0.4 is 4.90 Å². The number of rotatable bonds is 3. The largest absolute Gasteiger partial charge is 0.351 e. The smallest absolute Gasteiger partial charge is 0.293 e. The second-order valence-electron chi connectivity index (χ2n) is 7.69. The Kier molecular flexibility index (Phi) is 3.78. The highest BCUT2D eigenvalue weighted by atomic mass is 16.2. The summed E-state index contributed by atoms with van der Waals surface area (Å²) in [6.07, 6.45) is 3.27. The van der Waals surface area contributed by atoms with Gasteiger partial charge in [0.1, 0.15) is 0 Å². The zero-order valence-electron chi connectivity index (χ0n) is 16.3. The molecule has 0 spiro atoms. The molecule has 1 amide bonds. The number of fused-ring (bicyclic) bond motifs is 2. The van der Waals surface area contributed by atoms with Crippen LogP contribution in [0.25, 0.3) is 5.78 Å². The molecule has 144 valence electrons. The van der Waals surface area contributed by atoms with Gasteiger partial charge in [-0.15, -0.1) is 10.2 Å². The van der Waals surface area contributed by atoms with Crippen LogP contribution in [0.1, 0.15) is 39.7 Å². The van der Waals surface area contributed by atoms with E-state index in [0.29, 0.717) is 5.78 Å². The quantitative estimate of drug-likeness (QED) is 0.671. The number of aromatic nitrogens is 6. The van der Waals surface area contributed by atoms with Crippen LogP contribution in [0.4, 0.5) is 5.82 Å². The molecule has 0 N–H and O–H groups in total. The van der Waals surface area contributed by atoms with Crippen molar-refractivity contribution >= 4 is 17.5 Å². The van der Waals surface area contributed by atoms with E-state index in [1.165, 1.54) is 5.56 Å². The van der Waals surface area contributed by atoms with Crippen molar-refractivity contribution in [1.29, 1.82) is 0 Å². The molecule has 5 rings (SSSR count). The maximum absolute atomic E-state index is 12.9. The van der Waals surface area contributed by atoms with Crippen molar-refractivity contribution < 1.29 is 4.79 Å². The van der Waals surface area contributed by atoms with Crippen LogP contribution in [-0.4, -0.2) is 66.8 Å². The Morgan fingerprint density at radius 2 is 1.96 bits per heavy atom. The summed E-state index contributed by atoms with van der Waals surface area (Å²) in [6.45, 7) is 5.30. The lowest BCUT2D eigenvalue weighted by Crippen LogP contribution is -2.60. The minimum absolute atomic E-state index is 0.102. The molecule has 0 saturated carbocycles. The van der Waals surface area contributed by atoms with E-state index in [0.717, 1.165) is 55.3 Å². The highest BCUT2D eigenvalue weighted by Gasteiger charge is 2.35. The summed E-state index contributed by atoms with van der Waals surface area (Å²) in [5.74, 6) is 1.35. The minimum Gasteiger partial charge on any atom is -0.351 e. The van der Waals surface area contributed by atoms with Crippen LogP contribution >= 0.6 is 0 Å². The predicted molar refractivity (Wildman–Crippen MR) is 102 cm³/mol. The number of carbonyl (C=O) groups excluding carboxylic acids is 1. The normalized spacial score (nSPS) is 16.3. The Labute approximate surface area is 162 Å². The molecule has 9 heteroatoms. The van der Waals surface area contributed by atoms with Crippen molar-refractivity contribution in [1.82, 2.24) is 34.7 Å². The van der Waals surface area contributed by atoms with E-state index in [1.807, 2.05) is 19.9 Å². The Balaban J connectivity index is 1.29. The van der Waals surface area contributed by atoms with Crippen LogP contribution in [0.3, 0.4) is 0 Å². The van der Waals surface area contributed by atoms with Gasteiger partial charge in [-0.2, -0.15) is 10.1 Å². The lowest BCUT2D eigenvalue weighted by atomic mass is 10.1. The lowest BCUT2D eigenvalue weighted by molar-refractivity contribution is 0.0693. The summed E-state index contributed by atoms with van der Waals surface area (Å²) in [4.78, 5) is 25.4. The average molecular weight is 378 g/mol. The van der Waals surface area contributed by atoms with Crippen molar-refractivity contribution in [3.8, 4) is 0 Å². The monoisotopic (exact) mass is 378 g/mol. The Hall–Kier alpha value is -3.10. The molecule has 0 bridgehead atoms. The number of nitrogens with zero attached hydrogens (tertiary/aromatic N) is 8. The van der Waals surface area contributed by atoms with Gasteiger partial charge in [-0.25, -0.2) is 9.50 Å². The van der Waals surface area contributed by atoms with Crippen LogP contribution in [0.5, 0.6) is 0 Å². The number of hydrogen-bond donors (Lipinski definition) is 0. The molecule has 0 atom stereocenters. The number of likely N-dealkylation sites (N-methyl/N-ethyl adjacent to an activating group) is 1. The van der Waals surface area contributed by atoms with Crippen molar-refractivity contribution in [2.24, 2.45) is 0 Å². The molecule has 0 unspecified atom stereocenters. The highest BCUT2D eigenvalue weighted by molar-refractivity contribution is 5.91. The number of carbonyl (C=O) groups is 1. The first kappa shape index (κ1) is 17.0. The number of aryl methyl sites for hydroxylation is 4. The van der Waals surface area contributed by atoms with E-state index in [9.17, 15) is 4.79 Å². The van der Waals surface area contributed by atoms with Gasteiger partial charge in [0.15, 0.2) is 5.82 Å². The summed E-state index contributed by atoms with van der Waals surface area (Å²) in [5, 5.41) is 13.1. The van der Waals surface area contributed by atoms with E-state index in [4.69, 9.17) is 0 Å². The maximum atomic E-state index is 12.9. The predicted octanol–water partition coefficient (Wildman–Crippen LogP) is 0.981. The molecular formula is C19H22N8O. The van der Waals surface area contributed by atoms with Crippen LogP contribution in [0, 0.1) is 13.8 Å². The van der Waals surface area contributed by atoms with Gasteiger partial charge in [-0.1, -0.05) is 0 Å². The lowest BCUT2D eigenvalue weighted by Gasteiger charge is -2.44. The average Bonchev–Trinajstić information content (AvgIpc) is 3.25. The summed E-state index contributed by atoms with van der Waals surface area (Å²) < 4.78 is 1.61. The zero-order chi connectivity index (χ0) is 19.4. The van der Waals surface area contributed by atoms with Crippen molar-refractivity contribution in [2.75, 3.05) is 25.0 Å². The molecule has 3 aromatic rings. The first-order valence-corrected chi connectivity index (χ1v) is 9.58. The second-order valence-corrected chi connectivity index (χ2v) is 7.69. The topological polar surface area (TPSA) is 92.4 Å². The fourth-order valence-corrected chi connectivity index (χ4v) is 3.94. The third kappa shape index (κ3) is 2.69. The van der Waals surface area contributed by atoms with Crippen molar-refractivity contribution in [3.63, 3.8) is 0 Å². The standard InChI is InChI=1S/C19H22N8O/c1-11-7-12(2)27-19(20-11)21-17(24-27)18(28)25(3)14-9-26(10-14)16-8-13-5-4-6-15(13)22-23-16/h7-8,14H,4-6,9-10H2,1-3H3. The van der Waals surface area contributed by atoms with Crippen LogP contribution in [0.15, 0.2) is 12.1 Å². The van der Waals surface area contributed by atoms with Gasteiger partial charge in [0.25, 0.3) is 11.7 Å². The molecule has 0 aromatic carbocycles. The summed E-state index contributed by atoms with van der Waals surface area (Å²) in [5.41, 5.74) is 4.20. The first-order valence-electron chi connectivity index (χ1n) is 9.58. The molecule has 4 heterocycles. The Morgan fingerprint density at radius 1 is 1.14 bits per heavy atom. The summed E-state index contributed by atoms with van der Waals surface area (Å²) in [7, 11) is 1.80. The molecule has 1 fully saturated rings. The van der Waals surface area contributed by atoms with Gasteiger partial charge in [0, 0.05) is 31.5 Å². The molecule has 28 heavy (non-hydrogen) atoms. The molecule has 2 aliphatic rings. The summed E-state index contributed by atoms with van der Waals surface area (Å²) >= 11 is 0. The van der Waals surface area contributed by atoms with Crippen molar-refractivity contribution in [3.05, 3.63) is 40.6 Å². The Bertz CT molecular complexity index is 1080. The summed E-state index contributed by atoms with van der Waals surface area (Å²) in [6, 6.07) is 4.17. The fourth-order valence-electron chi connectivity index (χ4n) is 3.94. The number of anilines is 1. The number of hydrogen-bond acceptors (Lipinski definition) is 7. The molecular weight excluding hydrogens is 356 g/mol. The van der Waals surface area contributed by atoms with Crippen molar-refractivity contribution in [2.45, 2.75) is 39.2 Å². The molecule has 3 aromatic heterocycles. The highest BCUT2D eigenvalue weighted by Crippen LogP contribution is 2.26. The third-order valence-corrected chi connectivity index (χ3v) is 5.67. The van der Waals surface area contributed by atoms with E-state index >= 15 is 0 Å². The van der Waals surface area contributed by atoms with Gasteiger partial charge < -0.3 is 9.80 Å². The maximum Gasteiger partial charge on any atom is 0.293 e. The van der Waals surface area contributed by atoms with Gasteiger partial charge in [0.05, 0.1) is 11.7 Å². The van der Waals surface area contributed by atoms with Gasteiger partial charge in [0.2, 0.25) is 5.82 Å². The number of amides is 1. The third-order valence-electron chi connectivity index (χ3n) is 5.67. The van der Waals surface area contributed by atoms with Gasteiger partial charge in [-0.05, 0) is 50.8 Å². The Morgan fingerprint density at radius 3 is 2.79 bits per heavy atom. The van der Waals surface area contributed by atoms with E-state index in [2.05, 4.69) is 36.2 Å². The minimum atomic E-state index is -0.188. The first-order chi connectivity index (χ1) is 13.5. The fraction of sp³-hybridized carbons (Fsp3) is 0.474. The SMILES string of the molecule is Cc1cc(C)n2nc(C(=O)N(C)C3CN(c4cc5c(nn4)CCC5)C3)nc2n1. The van der Waals surface area contributed by atoms with E-state index in [1.54, 1.807) is 16.5 Å². The van der Waals surface area contributed by atoms with E-state index < -0.39 is 0 Å². The van der Waals surface area contributed by atoms with Gasteiger partial charge in [-0.3, -0.25) is 4.79 Å². The zero-order valence-corrected chi connectivity index (χ0v) is 16.3. The second kappa shape index (κ2) is 6.22. The molecule has 1 saturated heterocycles. The van der Waals surface area contributed by atoms with E-state index in [-0.39, 0.29) is 17.8 Å². The molecule has 9 nitrogen and oxygen atoms in total. The molecule has 0 radical (unpaired) electrons.